The first-order valence-electron chi connectivity index (χ1n) is 2.61. The zero-order chi connectivity index (χ0) is 6.53. The Morgan fingerprint density at radius 3 is 2.44 bits per heavy atom. The van der Waals surface area contributed by atoms with Crippen molar-refractivity contribution in [2.45, 2.75) is 0 Å². The molecule has 2 nitrogen and oxygen atoms in total. The van der Waals surface area contributed by atoms with Crippen LogP contribution >= 0.6 is 0 Å². The first-order chi connectivity index (χ1) is 4.43. The van der Waals surface area contributed by atoms with Gasteiger partial charge in [-0.15, -0.1) is 0 Å². The molecule has 0 aliphatic heterocycles. The van der Waals surface area contributed by atoms with E-state index in [4.69, 9.17) is 6.08 Å². The fourth-order valence-electron chi connectivity index (χ4n) is 0.560. The molecule has 1 rings (SSSR count). The summed E-state index contributed by atoms with van der Waals surface area (Å²) in [6, 6.07) is 9.32. The second-order valence-corrected chi connectivity index (χ2v) is 2.23. The topological polar surface area (TPSA) is 29.5 Å². The van der Waals surface area contributed by atoms with Crippen LogP contribution in [0.5, 0.6) is 5.75 Å². The first-order valence-corrected chi connectivity index (χ1v) is 4.15. The molecule has 3 heteroatoms. The molecule has 0 aliphatic rings. The molecule has 0 aliphatic carbocycles. The van der Waals surface area contributed by atoms with Crippen LogP contribution in [0.4, 0.5) is 0 Å². The van der Waals surface area contributed by atoms with Crippen molar-refractivity contribution in [3.8, 4) is 5.75 Å². The fraction of sp³-hybridized carbons (Fsp3) is 0. The van der Waals surface area contributed by atoms with Gasteiger partial charge in [-0.2, -0.15) is 0 Å². The maximum atomic E-state index is 8.45. The van der Waals surface area contributed by atoms with Crippen LogP contribution in [0, 0.1) is 0 Å². The van der Waals surface area contributed by atoms with Crippen LogP contribution in [0.2, 0.25) is 0 Å². The van der Waals surface area contributed by atoms with Crippen LogP contribution in [0.15, 0.2) is 30.3 Å². The third-order valence-corrected chi connectivity index (χ3v) is 1.52. The predicted molar refractivity (Wildman–Crippen MR) is 29.3 cm³/mol. The first kappa shape index (κ1) is 6.96. The summed E-state index contributed by atoms with van der Waals surface area (Å²) in [5, 5.41) is 0. The Morgan fingerprint density at radius 1 is 1.22 bits per heavy atom. The molecule has 0 aromatic heterocycles. The zero-order valence-corrected chi connectivity index (χ0v) is 6.62. The normalized spacial score (nSPS) is 8.11. The van der Waals surface area contributed by atoms with Crippen LogP contribution in [-0.2, 0) is 23.8 Å². The third kappa shape index (κ3) is 2.28. The molecule has 9 heavy (non-hydrogen) atoms. The molecule has 1 aromatic rings. The van der Waals surface area contributed by atoms with Gasteiger partial charge in [-0.3, -0.25) is 0 Å². The molecular weight excluding hydrogens is 149 g/mol. The van der Waals surface area contributed by atoms with Crippen LogP contribution in [-0.4, -0.2) is 3.22 Å². The van der Waals surface area contributed by atoms with Gasteiger partial charge in [-0.05, 0) is 0 Å². The van der Waals surface area contributed by atoms with Crippen molar-refractivity contribution in [3.63, 3.8) is 0 Å². The number of benzene rings is 1. The van der Waals surface area contributed by atoms with E-state index >= 15 is 0 Å². The number of rotatable bonds is 2. The quantitative estimate of drug-likeness (QED) is 0.689. The van der Waals surface area contributed by atoms with Crippen molar-refractivity contribution in [3.05, 3.63) is 30.3 Å². The van der Waals surface area contributed by atoms with Crippen molar-refractivity contribution in [2.75, 3.05) is 0 Å². The molecule has 1 aromatic carbocycles. The maximum absolute atomic E-state index is 8.45. The molecule has 0 saturated carbocycles. The molecular formula is C6H6O2Sc. The van der Waals surface area contributed by atoms with E-state index in [-0.39, 0.29) is 0 Å². The number of hydrogen-bond acceptors (Lipinski definition) is 2. The van der Waals surface area contributed by atoms with E-state index in [1.807, 2.05) is 30.3 Å². The summed E-state index contributed by atoms with van der Waals surface area (Å²) < 4.78 is 13.4. The van der Waals surface area contributed by atoms with Gasteiger partial charge < -0.3 is 0 Å². The van der Waals surface area contributed by atoms with Gasteiger partial charge in [0.2, 0.25) is 0 Å². The van der Waals surface area contributed by atoms with Crippen molar-refractivity contribution in [2.24, 2.45) is 0 Å². The van der Waals surface area contributed by atoms with Gasteiger partial charge in [0, 0.05) is 0 Å². The molecule has 0 radical (unpaired) electrons. The Bertz CT molecular complexity index is 164. The summed E-state index contributed by atoms with van der Waals surface area (Å²) in [5.74, 6) is 0.764. The van der Waals surface area contributed by atoms with Crippen LogP contribution < -0.4 is 2.85 Å². The summed E-state index contributed by atoms with van der Waals surface area (Å²) in [6.45, 7) is 0. The summed E-state index contributed by atoms with van der Waals surface area (Å²) in [5.41, 5.74) is 0. The van der Waals surface area contributed by atoms with Gasteiger partial charge >= 0.3 is 65.9 Å². The Kier molecular flexibility index (Phi) is 2.94. The summed E-state index contributed by atoms with van der Waals surface area (Å²) in [4.78, 5) is 0. The number of hydrogen-bond donors (Lipinski definition) is 1. The van der Waals surface area contributed by atoms with Gasteiger partial charge in [0.05, 0.1) is 0 Å². The average molecular weight is 155 g/mol. The second kappa shape index (κ2) is 3.80. The van der Waals surface area contributed by atoms with Crippen molar-refractivity contribution >= 4 is 0 Å². The second-order valence-electron chi connectivity index (χ2n) is 1.54. The molecule has 1 N–H and O–H groups in total. The van der Waals surface area contributed by atoms with Gasteiger partial charge in [-0.1, -0.05) is 0 Å². The van der Waals surface area contributed by atoms with Crippen molar-refractivity contribution < 1.29 is 29.9 Å². The molecule has 0 atom stereocenters. The predicted octanol–water partition coefficient (Wildman–Crippen LogP) is 0.970. The molecule has 0 amide bonds. The van der Waals surface area contributed by atoms with E-state index in [1.165, 1.54) is 0 Å². The monoisotopic (exact) mass is 155 g/mol. The molecule has 45 valence electrons. The van der Waals surface area contributed by atoms with Crippen LogP contribution in [0.25, 0.3) is 0 Å². The van der Waals surface area contributed by atoms with E-state index < -0.39 is 23.8 Å². The minimum atomic E-state index is -1.41. The molecule has 0 spiro atoms. The SMILES string of the molecule is [OH][Sc][O]c1ccccc1. The van der Waals surface area contributed by atoms with E-state index in [0.717, 1.165) is 5.75 Å². The average Bonchev–Trinajstić information content (AvgIpc) is 1.91. The minimum absolute atomic E-state index is 0.764. The third-order valence-electron chi connectivity index (χ3n) is 0.932. The van der Waals surface area contributed by atoms with E-state index in [9.17, 15) is 0 Å². The molecule has 0 heterocycles. The summed E-state index contributed by atoms with van der Waals surface area (Å²) >= 11 is -1.41. The Labute approximate surface area is 66.0 Å². The number of para-hydroxylation sites is 1. The van der Waals surface area contributed by atoms with E-state index in [2.05, 4.69) is 0 Å². The van der Waals surface area contributed by atoms with E-state index in [1.54, 1.807) is 0 Å². The molecule has 0 unspecified atom stereocenters. The van der Waals surface area contributed by atoms with Gasteiger partial charge in [0.15, 0.2) is 0 Å². The standard InChI is InChI=1S/C6H6O.H2O.Sc/c7-6-4-2-1-3-5-6;;/h1-5,7H;1H2;/q;;+2/p-2. The van der Waals surface area contributed by atoms with E-state index in [0.29, 0.717) is 0 Å². The molecule has 0 bridgehead atoms. The van der Waals surface area contributed by atoms with Crippen molar-refractivity contribution in [1.29, 1.82) is 0 Å². The van der Waals surface area contributed by atoms with Crippen LogP contribution in [0.3, 0.4) is 0 Å². The molecule has 0 saturated heterocycles. The van der Waals surface area contributed by atoms with Gasteiger partial charge in [0.25, 0.3) is 0 Å². The summed E-state index contributed by atoms with van der Waals surface area (Å²) in [6.07, 6.45) is 0. The van der Waals surface area contributed by atoms with Gasteiger partial charge in [0.1, 0.15) is 0 Å². The summed E-state index contributed by atoms with van der Waals surface area (Å²) in [7, 11) is 0. The Balaban J connectivity index is 2.61. The van der Waals surface area contributed by atoms with Crippen molar-refractivity contribution in [1.82, 2.24) is 0 Å². The van der Waals surface area contributed by atoms with Gasteiger partial charge in [-0.25, -0.2) is 0 Å². The fourth-order valence-corrected chi connectivity index (χ4v) is 0.995. The van der Waals surface area contributed by atoms with Crippen LogP contribution in [0.1, 0.15) is 0 Å². The Morgan fingerprint density at radius 2 is 1.89 bits per heavy atom. The molecule has 0 fully saturated rings. The Hall–Kier alpha value is -0.150. The zero-order valence-electron chi connectivity index (χ0n) is 4.82.